The predicted molar refractivity (Wildman–Crippen MR) is 107 cm³/mol. The molecule has 0 saturated carbocycles. The van der Waals surface area contributed by atoms with Crippen molar-refractivity contribution in [3.8, 4) is 5.75 Å². The zero-order chi connectivity index (χ0) is 21.1. The molecule has 2 heterocycles. The molecule has 2 aliphatic heterocycles. The summed E-state index contributed by atoms with van der Waals surface area (Å²) >= 11 is 1.02. The Morgan fingerprint density at radius 3 is 2.66 bits per heavy atom. The minimum atomic E-state index is -0.771. The van der Waals surface area contributed by atoms with Crippen LogP contribution < -0.4 is 4.74 Å². The Bertz CT molecular complexity index is 965. The minimum Gasteiger partial charge on any atom is -0.497 e. The normalized spacial score (nSPS) is 18.6. The Morgan fingerprint density at radius 1 is 1.24 bits per heavy atom. The van der Waals surface area contributed by atoms with Crippen molar-refractivity contribution >= 4 is 34.8 Å². The summed E-state index contributed by atoms with van der Waals surface area (Å²) in [6.45, 7) is 3.57. The number of nitrogens with zero attached hydrogens (tertiary/aromatic N) is 2. The molecule has 152 valence electrons. The SMILES string of the molecule is CCOC(=O)C1=C(C)N=C2SC(C(=O)OC)=CC(=O)N2[C@H]1c1cccc(OC)c1. The molecule has 0 fully saturated rings. The Kier molecular flexibility index (Phi) is 6.07. The van der Waals surface area contributed by atoms with Gasteiger partial charge in [0, 0.05) is 6.08 Å². The third-order valence-electron chi connectivity index (χ3n) is 4.38. The van der Waals surface area contributed by atoms with Crippen molar-refractivity contribution in [2.75, 3.05) is 20.8 Å². The number of amides is 1. The second-order valence-corrected chi connectivity index (χ2v) is 7.11. The molecule has 0 saturated heterocycles. The van der Waals surface area contributed by atoms with Crippen LogP contribution in [0.25, 0.3) is 0 Å². The van der Waals surface area contributed by atoms with E-state index in [-0.39, 0.29) is 22.3 Å². The Hall–Kier alpha value is -3.07. The van der Waals surface area contributed by atoms with Gasteiger partial charge in [-0.1, -0.05) is 12.1 Å². The fraction of sp³-hybridized carbons (Fsp3) is 0.300. The predicted octanol–water partition coefficient (Wildman–Crippen LogP) is 2.58. The van der Waals surface area contributed by atoms with Crippen LogP contribution >= 0.6 is 11.8 Å². The summed E-state index contributed by atoms with van der Waals surface area (Å²) in [5.41, 5.74) is 1.32. The van der Waals surface area contributed by atoms with Crippen LogP contribution in [0.1, 0.15) is 25.5 Å². The van der Waals surface area contributed by atoms with Gasteiger partial charge in [-0.15, -0.1) is 0 Å². The zero-order valence-electron chi connectivity index (χ0n) is 16.4. The number of rotatable bonds is 5. The lowest BCUT2D eigenvalue weighted by Gasteiger charge is -2.38. The molecule has 0 bridgehead atoms. The second kappa shape index (κ2) is 8.52. The van der Waals surface area contributed by atoms with Gasteiger partial charge in [0.05, 0.1) is 38.1 Å². The molecule has 1 aromatic rings. The van der Waals surface area contributed by atoms with Gasteiger partial charge in [-0.3, -0.25) is 9.69 Å². The minimum absolute atomic E-state index is 0.129. The molecule has 3 rings (SSSR count). The highest BCUT2D eigenvalue weighted by molar-refractivity contribution is 8.18. The number of carbonyl (C=O) groups is 3. The molecule has 29 heavy (non-hydrogen) atoms. The molecule has 1 atom stereocenters. The monoisotopic (exact) mass is 416 g/mol. The third-order valence-corrected chi connectivity index (χ3v) is 5.35. The highest BCUT2D eigenvalue weighted by Gasteiger charge is 2.42. The average molecular weight is 416 g/mol. The van der Waals surface area contributed by atoms with Crippen molar-refractivity contribution in [3.05, 3.63) is 52.1 Å². The molecule has 9 heteroatoms. The van der Waals surface area contributed by atoms with E-state index in [4.69, 9.17) is 14.2 Å². The average Bonchev–Trinajstić information content (AvgIpc) is 2.72. The van der Waals surface area contributed by atoms with Crippen LogP contribution in [0.4, 0.5) is 0 Å². The fourth-order valence-electron chi connectivity index (χ4n) is 3.09. The van der Waals surface area contributed by atoms with E-state index in [1.807, 2.05) is 0 Å². The Balaban J connectivity index is 2.17. The van der Waals surface area contributed by atoms with Gasteiger partial charge in [0.2, 0.25) is 0 Å². The summed E-state index contributed by atoms with van der Waals surface area (Å²) in [6, 6.07) is 6.31. The molecule has 1 amide bonds. The molecule has 0 radical (unpaired) electrons. The molecular formula is C20H20N2O6S. The van der Waals surface area contributed by atoms with Crippen molar-refractivity contribution < 1.29 is 28.6 Å². The van der Waals surface area contributed by atoms with Gasteiger partial charge in [0.25, 0.3) is 5.91 Å². The summed E-state index contributed by atoms with van der Waals surface area (Å²) in [4.78, 5) is 43.5. The van der Waals surface area contributed by atoms with Crippen LogP contribution in [0.5, 0.6) is 5.75 Å². The van der Waals surface area contributed by atoms with Gasteiger partial charge in [-0.25, -0.2) is 14.6 Å². The Morgan fingerprint density at radius 2 is 2.00 bits per heavy atom. The lowest BCUT2D eigenvalue weighted by atomic mass is 9.94. The number of carbonyl (C=O) groups excluding carboxylic acids is 3. The zero-order valence-corrected chi connectivity index (χ0v) is 17.2. The summed E-state index contributed by atoms with van der Waals surface area (Å²) in [6.07, 6.45) is 1.19. The number of amidine groups is 1. The van der Waals surface area contributed by atoms with E-state index >= 15 is 0 Å². The first-order valence-corrected chi connectivity index (χ1v) is 9.64. The number of hydrogen-bond acceptors (Lipinski definition) is 8. The largest absolute Gasteiger partial charge is 0.497 e. The standard InChI is InChI=1S/C20H20N2O6S/c1-5-28-19(25)16-11(2)21-20-22(15(23)10-14(29-20)18(24)27-4)17(16)12-7-6-8-13(9-12)26-3/h6-10,17H,5H2,1-4H3/t17-/m0/s1. The van der Waals surface area contributed by atoms with E-state index in [0.29, 0.717) is 17.0 Å². The van der Waals surface area contributed by atoms with Crippen LogP contribution in [-0.2, 0) is 23.9 Å². The first-order chi connectivity index (χ1) is 13.9. The molecule has 2 aliphatic rings. The van der Waals surface area contributed by atoms with Gasteiger partial charge in [0.15, 0.2) is 5.17 Å². The van der Waals surface area contributed by atoms with E-state index in [1.165, 1.54) is 25.2 Å². The maximum absolute atomic E-state index is 13.0. The number of benzene rings is 1. The van der Waals surface area contributed by atoms with E-state index in [2.05, 4.69) is 4.99 Å². The maximum atomic E-state index is 13.0. The van der Waals surface area contributed by atoms with Crippen LogP contribution in [0.3, 0.4) is 0 Å². The highest BCUT2D eigenvalue weighted by Crippen LogP contribution is 2.42. The highest BCUT2D eigenvalue weighted by atomic mass is 32.2. The topological polar surface area (TPSA) is 94.5 Å². The number of esters is 2. The lowest BCUT2D eigenvalue weighted by Crippen LogP contribution is -2.44. The van der Waals surface area contributed by atoms with Gasteiger partial charge in [-0.2, -0.15) is 0 Å². The summed E-state index contributed by atoms with van der Waals surface area (Å²) in [5.74, 6) is -1.08. The van der Waals surface area contributed by atoms with Gasteiger partial charge >= 0.3 is 11.9 Å². The van der Waals surface area contributed by atoms with Crippen molar-refractivity contribution in [2.45, 2.75) is 19.9 Å². The number of hydrogen-bond donors (Lipinski definition) is 0. The molecule has 1 aromatic carbocycles. The number of aliphatic imine (C=N–C) groups is 1. The van der Waals surface area contributed by atoms with Gasteiger partial charge in [0.1, 0.15) is 10.7 Å². The molecule has 0 N–H and O–H groups in total. The van der Waals surface area contributed by atoms with E-state index in [9.17, 15) is 14.4 Å². The Labute approximate surface area is 172 Å². The van der Waals surface area contributed by atoms with Gasteiger partial charge < -0.3 is 14.2 Å². The maximum Gasteiger partial charge on any atom is 0.345 e. The van der Waals surface area contributed by atoms with E-state index < -0.39 is 23.9 Å². The molecular weight excluding hydrogens is 396 g/mol. The number of methoxy groups -OCH3 is 2. The molecule has 8 nitrogen and oxygen atoms in total. The number of ether oxygens (including phenoxy) is 3. The number of fused-ring (bicyclic) bond motifs is 1. The third kappa shape index (κ3) is 3.91. The molecule has 0 aliphatic carbocycles. The van der Waals surface area contributed by atoms with E-state index in [0.717, 1.165) is 11.8 Å². The van der Waals surface area contributed by atoms with Gasteiger partial charge in [-0.05, 0) is 43.3 Å². The van der Waals surface area contributed by atoms with Crippen LogP contribution in [0.15, 0.2) is 51.5 Å². The lowest BCUT2D eigenvalue weighted by molar-refractivity contribution is -0.140. The first kappa shape index (κ1) is 20.7. The van der Waals surface area contributed by atoms with Crippen molar-refractivity contribution in [1.82, 2.24) is 4.90 Å². The van der Waals surface area contributed by atoms with Crippen LogP contribution in [0, 0.1) is 0 Å². The first-order valence-electron chi connectivity index (χ1n) is 8.82. The van der Waals surface area contributed by atoms with E-state index in [1.54, 1.807) is 38.1 Å². The molecule has 0 unspecified atom stereocenters. The molecule has 0 aromatic heterocycles. The number of thioether (sulfide) groups is 1. The fourth-order valence-corrected chi connectivity index (χ4v) is 4.09. The summed E-state index contributed by atoms with van der Waals surface area (Å²) < 4.78 is 15.2. The van der Waals surface area contributed by atoms with Crippen LogP contribution in [0.2, 0.25) is 0 Å². The number of allylic oxidation sites excluding steroid dienone is 1. The van der Waals surface area contributed by atoms with Crippen molar-refractivity contribution in [3.63, 3.8) is 0 Å². The quantitative estimate of drug-likeness (QED) is 0.681. The summed E-state index contributed by atoms with van der Waals surface area (Å²) in [7, 11) is 2.78. The second-order valence-electron chi connectivity index (χ2n) is 6.10. The molecule has 0 spiro atoms. The van der Waals surface area contributed by atoms with Crippen molar-refractivity contribution in [2.24, 2.45) is 4.99 Å². The smallest absolute Gasteiger partial charge is 0.345 e. The van der Waals surface area contributed by atoms with Crippen molar-refractivity contribution in [1.29, 1.82) is 0 Å². The summed E-state index contributed by atoms with van der Waals surface area (Å²) in [5, 5.41) is 0.288. The van der Waals surface area contributed by atoms with Crippen LogP contribution in [-0.4, -0.2) is 48.7 Å².